The van der Waals surface area contributed by atoms with Crippen molar-refractivity contribution in [2.75, 3.05) is 26.6 Å². The predicted octanol–water partition coefficient (Wildman–Crippen LogP) is 5.82. The minimum absolute atomic E-state index is 0.148. The van der Waals surface area contributed by atoms with Gasteiger partial charge in [-0.1, -0.05) is 18.2 Å². The minimum Gasteiger partial charge on any atom is -0.497 e. The molecule has 1 aliphatic carbocycles. The molecule has 0 saturated carbocycles. The van der Waals surface area contributed by atoms with Gasteiger partial charge in [0.15, 0.2) is 22.7 Å². The molecule has 0 bridgehead atoms. The molecule has 0 fully saturated rings. The number of anilines is 1. The summed E-state index contributed by atoms with van der Waals surface area (Å²) < 4.78 is 22.0. The highest BCUT2D eigenvalue weighted by Gasteiger charge is 2.42. The number of carbonyl (C=O) groups excluding carboxylic acids is 2. The average molecular weight is 593 g/mol. The molecule has 1 amide bonds. The molecule has 2 heterocycles. The highest BCUT2D eigenvalue weighted by Crippen LogP contribution is 2.46. The highest BCUT2D eigenvalue weighted by molar-refractivity contribution is 6.10. The summed E-state index contributed by atoms with van der Waals surface area (Å²) in [5, 5.41) is 6.67. The number of methoxy groups -OCH3 is 3. The number of dihydropyridines is 1. The number of carbonyl (C=O) groups is 2. The highest BCUT2D eigenvalue weighted by atomic mass is 16.5. The molecule has 2 N–H and O–H groups in total. The number of amides is 1. The van der Waals surface area contributed by atoms with Crippen LogP contribution in [0.2, 0.25) is 0 Å². The lowest BCUT2D eigenvalue weighted by molar-refractivity contribution is -0.116. The van der Waals surface area contributed by atoms with Crippen molar-refractivity contribution >= 4 is 28.3 Å². The molecule has 0 saturated heterocycles. The predicted molar refractivity (Wildman–Crippen MR) is 166 cm³/mol. The smallest absolute Gasteiger partial charge is 0.254 e. The standard InChI is InChI=1S/C35H32N2O7/c1-19-31(35(40)37-22-10-12-23(41-2)13-11-22)32(25-18-44-28-8-6-5-7-24(28)34(25)39)33-26(36-19)15-21(16-27(33)38)20-9-14-29(42-3)30(17-20)43-4/h5-14,17-18,21,32,36H,15-16H2,1-4H3,(H,37,40)/t21-,32-/m0/s1. The van der Waals surface area contributed by atoms with Gasteiger partial charge in [-0.2, -0.15) is 0 Å². The second-order valence-corrected chi connectivity index (χ2v) is 10.8. The van der Waals surface area contributed by atoms with Gasteiger partial charge in [-0.25, -0.2) is 0 Å². The Kier molecular flexibility index (Phi) is 7.69. The van der Waals surface area contributed by atoms with Crippen LogP contribution in [0.1, 0.15) is 42.7 Å². The Labute approximate surface area is 254 Å². The maximum atomic E-state index is 14.1. The van der Waals surface area contributed by atoms with Gasteiger partial charge in [-0.15, -0.1) is 0 Å². The van der Waals surface area contributed by atoms with Crippen molar-refractivity contribution in [1.82, 2.24) is 5.32 Å². The maximum Gasteiger partial charge on any atom is 0.254 e. The number of ketones is 1. The molecule has 3 aromatic carbocycles. The van der Waals surface area contributed by atoms with E-state index >= 15 is 0 Å². The van der Waals surface area contributed by atoms with Crippen LogP contribution in [-0.2, 0) is 9.59 Å². The minimum atomic E-state index is -0.927. The van der Waals surface area contributed by atoms with Crippen LogP contribution in [0, 0.1) is 0 Å². The number of Topliss-reactive ketones (excluding diaryl/α,β-unsaturated/α-hetero) is 1. The number of hydrogen-bond acceptors (Lipinski definition) is 8. The van der Waals surface area contributed by atoms with Gasteiger partial charge in [0.1, 0.15) is 11.3 Å². The molecule has 2 atom stereocenters. The van der Waals surface area contributed by atoms with E-state index in [-0.39, 0.29) is 34.7 Å². The number of rotatable bonds is 7. The largest absolute Gasteiger partial charge is 0.497 e. The molecular weight excluding hydrogens is 560 g/mol. The summed E-state index contributed by atoms with van der Waals surface area (Å²) >= 11 is 0. The van der Waals surface area contributed by atoms with Crippen molar-refractivity contribution < 1.29 is 28.2 Å². The first-order valence-corrected chi connectivity index (χ1v) is 14.2. The molecule has 224 valence electrons. The summed E-state index contributed by atoms with van der Waals surface area (Å²) in [4.78, 5) is 42.0. The van der Waals surface area contributed by atoms with Crippen LogP contribution >= 0.6 is 0 Å². The molecular formula is C35H32N2O7. The van der Waals surface area contributed by atoms with Gasteiger partial charge in [0.05, 0.1) is 38.9 Å². The second kappa shape index (κ2) is 11.8. The molecule has 1 aliphatic heterocycles. The van der Waals surface area contributed by atoms with Crippen molar-refractivity contribution in [2.45, 2.75) is 31.6 Å². The molecule has 9 nitrogen and oxygen atoms in total. The Morgan fingerprint density at radius 3 is 2.39 bits per heavy atom. The third-order valence-electron chi connectivity index (χ3n) is 8.32. The number of para-hydroxylation sites is 1. The quantitative estimate of drug-likeness (QED) is 0.276. The van der Waals surface area contributed by atoms with E-state index in [0.717, 1.165) is 5.56 Å². The lowest BCUT2D eigenvalue weighted by Gasteiger charge is -2.36. The van der Waals surface area contributed by atoms with E-state index in [1.807, 2.05) is 18.2 Å². The monoisotopic (exact) mass is 592 g/mol. The molecule has 4 aromatic rings. The Morgan fingerprint density at radius 2 is 1.66 bits per heavy atom. The van der Waals surface area contributed by atoms with E-state index in [2.05, 4.69) is 10.6 Å². The van der Waals surface area contributed by atoms with Crippen molar-refractivity contribution in [1.29, 1.82) is 0 Å². The van der Waals surface area contributed by atoms with Crippen molar-refractivity contribution in [2.24, 2.45) is 0 Å². The van der Waals surface area contributed by atoms with Gasteiger partial charge in [0.2, 0.25) is 0 Å². The molecule has 6 rings (SSSR count). The van der Waals surface area contributed by atoms with Crippen molar-refractivity contribution in [3.8, 4) is 17.2 Å². The molecule has 2 aliphatic rings. The number of benzene rings is 3. The van der Waals surface area contributed by atoms with Crippen LogP contribution in [0.25, 0.3) is 11.0 Å². The number of fused-ring (bicyclic) bond motifs is 1. The molecule has 9 heteroatoms. The normalized spacial score (nSPS) is 18.0. The molecule has 0 spiro atoms. The van der Waals surface area contributed by atoms with Crippen LogP contribution in [0.3, 0.4) is 0 Å². The van der Waals surface area contributed by atoms with Crippen LogP contribution < -0.4 is 30.3 Å². The molecule has 44 heavy (non-hydrogen) atoms. The Bertz CT molecular complexity index is 1900. The van der Waals surface area contributed by atoms with E-state index in [9.17, 15) is 14.4 Å². The van der Waals surface area contributed by atoms with Gasteiger partial charge in [-0.3, -0.25) is 14.4 Å². The Hall–Kier alpha value is -5.31. The fraction of sp³-hybridized carbons (Fsp3) is 0.229. The number of hydrogen-bond donors (Lipinski definition) is 2. The van der Waals surface area contributed by atoms with Gasteiger partial charge in [0, 0.05) is 40.2 Å². The Morgan fingerprint density at radius 1 is 0.909 bits per heavy atom. The lowest BCUT2D eigenvalue weighted by Crippen LogP contribution is -2.38. The van der Waals surface area contributed by atoms with E-state index in [1.165, 1.54) is 6.26 Å². The zero-order valence-electron chi connectivity index (χ0n) is 24.9. The number of ether oxygens (including phenoxy) is 3. The summed E-state index contributed by atoms with van der Waals surface area (Å²) in [6.07, 6.45) is 2.07. The second-order valence-electron chi connectivity index (χ2n) is 10.8. The zero-order chi connectivity index (χ0) is 31.0. The van der Waals surface area contributed by atoms with Crippen LogP contribution in [0.15, 0.2) is 105 Å². The van der Waals surface area contributed by atoms with Gasteiger partial charge in [0.25, 0.3) is 5.91 Å². The molecule has 1 aromatic heterocycles. The summed E-state index contributed by atoms with van der Waals surface area (Å²) in [6, 6.07) is 19.5. The molecule has 0 radical (unpaired) electrons. The summed E-state index contributed by atoms with van der Waals surface area (Å²) in [5.74, 6) is 0.167. The average Bonchev–Trinajstić information content (AvgIpc) is 3.04. The van der Waals surface area contributed by atoms with Crippen LogP contribution in [0.4, 0.5) is 5.69 Å². The van der Waals surface area contributed by atoms with E-state index in [1.54, 1.807) is 76.8 Å². The summed E-state index contributed by atoms with van der Waals surface area (Å²) in [5.41, 5.74) is 3.75. The van der Waals surface area contributed by atoms with Crippen LogP contribution in [-0.4, -0.2) is 33.0 Å². The van der Waals surface area contributed by atoms with Crippen molar-refractivity contribution in [3.63, 3.8) is 0 Å². The maximum absolute atomic E-state index is 14.1. The molecule has 0 unspecified atom stereocenters. The Balaban J connectivity index is 1.45. The van der Waals surface area contributed by atoms with Crippen molar-refractivity contribution in [3.05, 3.63) is 117 Å². The van der Waals surface area contributed by atoms with Gasteiger partial charge >= 0.3 is 0 Å². The first-order valence-electron chi connectivity index (χ1n) is 14.2. The zero-order valence-corrected chi connectivity index (χ0v) is 24.9. The van der Waals surface area contributed by atoms with E-state index in [0.29, 0.717) is 57.3 Å². The fourth-order valence-corrected chi connectivity index (χ4v) is 6.16. The SMILES string of the molecule is COc1ccc(NC(=O)C2=C(C)NC3=C(C(=O)C[C@@H](c4ccc(OC)c(OC)c4)C3)[C@H]2c2coc3ccccc3c2=O)cc1. The number of allylic oxidation sites excluding steroid dienone is 3. The summed E-state index contributed by atoms with van der Waals surface area (Å²) in [6.45, 7) is 1.78. The first kappa shape index (κ1) is 28.8. The van der Waals surface area contributed by atoms with Crippen LogP contribution in [0.5, 0.6) is 17.2 Å². The van der Waals surface area contributed by atoms with E-state index < -0.39 is 11.8 Å². The third-order valence-corrected chi connectivity index (χ3v) is 8.32. The number of nitrogens with one attached hydrogen (secondary N) is 2. The van der Waals surface area contributed by atoms with E-state index in [4.69, 9.17) is 18.6 Å². The summed E-state index contributed by atoms with van der Waals surface area (Å²) in [7, 11) is 4.71. The van der Waals surface area contributed by atoms with Gasteiger partial charge in [-0.05, 0) is 73.4 Å². The topological polar surface area (TPSA) is 116 Å². The lowest BCUT2D eigenvalue weighted by atomic mass is 9.71. The third kappa shape index (κ3) is 5.10. The first-order chi connectivity index (χ1) is 21.3. The van der Waals surface area contributed by atoms with Gasteiger partial charge < -0.3 is 29.3 Å². The fourth-order valence-electron chi connectivity index (χ4n) is 6.16.